The molecule has 0 N–H and O–H groups in total. The van der Waals surface area contributed by atoms with Gasteiger partial charge in [-0.05, 0) is 54.3 Å². The average molecular weight is 626 g/mol. The molecule has 2 aromatic rings. The van der Waals surface area contributed by atoms with Crippen LogP contribution in [0, 0.1) is 0 Å². The van der Waals surface area contributed by atoms with E-state index in [1.165, 1.54) is 11.6 Å². The molecule has 0 saturated heterocycles. The van der Waals surface area contributed by atoms with Crippen molar-refractivity contribution in [2.24, 2.45) is 0 Å². The SMILES string of the molecule is BrCCc1cccc(Br)c1.O=S(=O)(Cl)c1ccc(Br)cc1CCBr. The summed E-state index contributed by atoms with van der Waals surface area (Å²) >= 11 is 13.4. The van der Waals surface area contributed by atoms with E-state index in [1.807, 2.05) is 6.07 Å². The molecule has 0 heterocycles. The zero-order chi connectivity index (χ0) is 18.2. The molecule has 0 aromatic heterocycles. The maximum atomic E-state index is 11.2. The molecule has 2 rings (SSSR count). The van der Waals surface area contributed by atoms with Crippen LogP contribution in [0.1, 0.15) is 11.1 Å². The Morgan fingerprint density at radius 3 is 2.04 bits per heavy atom. The Hall–Kier alpha value is 0.600. The molecular weight excluding hydrogens is 611 g/mol. The van der Waals surface area contributed by atoms with Crippen molar-refractivity contribution >= 4 is 83.5 Å². The van der Waals surface area contributed by atoms with Crippen LogP contribution >= 0.6 is 74.4 Å². The fourth-order valence-electron chi connectivity index (χ4n) is 1.88. The van der Waals surface area contributed by atoms with Gasteiger partial charge in [-0.2, -0.15) is 0 Å². The van der Waals surface area contributed by atoms with E-state index in [1.54, 1.807) is 12.1 Å². The number of alkyl halides is 2. The standard InChI is InChI=1S/C8H7Br2ClO2S.C8H8Br2/c9-4-3-6-5-7(10)1-2-8(6)14(11,12)13;9-5-4-7-2-1-3-8(10)6-7/h1-2,5H,3-4H2;1-3,6H,4-5H2. The normalized spacial score (nSPS) is 10.9. The van der Waals surface area contributed by atoms with Gasteiger partial charge in [-0.25, -0.2) is 8.42 Å². The molecule has 2 aromatic carbocycles. The minimum absolute atomic E-state index is 0.182. The molecule has 0 saturated carbocycles. The lowest BCUT2D eigenvalue weighted by Crippen LogP contribution is -1.98. The largest absolute Gasteiger partial charge is 0.261 e. The molecule has 8 heteroatoms. The molecule has 0 bridgehead atoms. The van der Waals surface area contributed by atoms with Crippen LogP contribution in [-0.4, -0.2) is 19.1 Å². The first-order valence-electron chi connectivity index (χ1n) is 6.87. The summed E-state index contributed by atoms with van der Waals surface area (Å²) in [7, 11) is 1.65. The highest BCUT2D eigenvalue weighted by Gasteiger charge is 2.15. The van der Waals surface area contributed by atoms with Gasteiger partial charge in [0, 0.05) is 30.3 Å². The predicted molar refractivity (Wildman–Crippen MR) is 116 cm³/mol. The Morgan fingerprint density at radius 1 is 0.875 bits per heavy atom. The predicted octanol–water partition coefficient (Wildman–Crippen LogP) is 6.70. The first-order chi connectivity index (χ1) is 11.3. The van der Waals surface area contributed by atoms with Gasteiger partial charge in [-0.3, -0.25) is 0 Å². The van der Waals surface area contributed by atoms with Crippen LogP contribution in [0.4, 0.5) is 0 Å². The summed E-state index contributed by atoms with van der Waals surface area (Å²) < 4.78 is 24.4. The minimum atomic E-state index is -3.64. The molecule has 0 spiro atoms. The third kappa shape index (κ3) is 8.32. The lowest BCUT2D eigenvalue weighted by molar-refractivity contribution is 0.608. The maximum Gasteiger partial charge on any atom is 0.261 e. The van der Waals surface area contributed by atoms with Gasteiger partial charge < -0.3 is 0 Å². The quantitative estimate of drug-likeness (QED) is 0.274. The smallest absolute Gasteiger partial charge is 0.207 e. The van der Waals surface area contributed by atoms with Crippen molar-refractivity contribution in [3.8, 4) is 0 Å². The van der Waals surface area contributed by atoms with E-state index >= 15 is 0 Å². The van der Waals surface area contributed by atoms with Gasteiger partial charge in [-0.15, -0.1) is 0 Å². The van der Waals surface area contributed by atoms with Crippen LogP contribution in [0.25, 0.3) is 0 Å². The summed E-state index contributed by atoms with van der Waals surface area (Å²) in [5, 5.41) is 1.73. The summed E-state index contributed by atoms with van der Waals surface area (Å²) in [6.07, 6.45) is 1.72. The number of hydrogen-bond donors (Lipinski definition) is 0. The Bertz CT molecular complexity index is 766. The molecule has 132 valence electrons. The summed E-state index contributed by atoms with van der Waals surface area (Å²) in [5.74, 6) is 0. The number of hydrogen-bond acceptors (Lipinski definition) is 2. The Balaban J connectivity index is 0.000000254. The maximum absolute atomic E-state index is 11.2. The van der Waals surface area contributed by atoms with Gasteiger partial charge in [0.15, 0.2) is 0 Å². The summed E-state index contributed by atoms with van der Waals surface area (Å²) in [5.41, 5.74) is 2.08. The van der Waals surface area contributed by atoms with Crippen molar-refractivity contribution in [1.29, 1.82) is 0 Å². The lowest BCUT2D eigenvalue weighted by atomic mass is 10.2. The summed E-state index contributed by atoms with van der Waals surface area (Å²) in [6.45, 7) is 0. The van der Waals surface area contributed by atoms with Crippen LogP contribution in [0.3, 0.4) is 0 Å². The highest BCUT2D eigenvalue weighted by atomic mass is 79.9. The van der Waals surface area contributed by atoms with Crippen molar-refractivity contribution in [3.63, 3.8) is 0 Å². The molecular formula is C16H15Br4ClO2S. The minimum Gasteiger partial charge on any atom is -0.207 e. The molecule has 2 nitrogen and oxygen atoms in total. The van der Waals surface area contributed by atoms with E-state index in [-0.39, 0.29) is 4.90 Å². The zero-order valence-corrected chi connectivity index (χ0v) is 20.4. The summed E-state index contributed by atoms with van der Waals surface area (Å²) in [6, 6.07) is 13.3. The number of halogens is 5. The van der Waals surface area contributed by atoms with Crippen molar-refractivity contribution in [2.75, 3.05) is 10.7 Å². The Kier molecular flexibility index (Phi) is 10.7. The molecule has 0 fully saturated rings. The van der Waals surface area contributed by atoms with Gasteiger partial charge in [0.2, 0.25) is 0 Å². The van der Waals surface area contributed by atoms with E-state index in [0.717, 1.165) is 20.7 Å². The molecule has 0 atom stereocenters. The first-order valence-corrected chi connectivity index (χ1v) is 13.0. The molecule has 0 unspecified atom stereocenters. The highest BCUT2D eigenvalue weighted by molar-refractivity contribution is 9.11. The Labute approximate surface area is 181 Å². The van der Waals surface area contributed by atoms with Crippen LogP contribution in [-0.2, 0) is 21.9 Å². The average Bonchev–Trinajstić information content (AvgIpc) is 2.47. The van der Waals surface area contributed by atoms with Gasteiger partial charge in [0.1, 0.15) is 0 Å². The topological polar surface area (TPSA) is 34.1 Å². The van der Waals surface area contributed by atoms with Crippen LogP contribution in [0.2, 0.25) is 0 Å². The van der Waals surface area contributed by atoms with Crippen molar-refractivity contribution in [3.05, 3.63) is 62.5 Å². The van der Waals surface area contributed by atoms with E-state index in [0.29, 0.717) is 17.3 Å². The Morgan fingerprint density at radius 2 is 1.50 bits per heavy atom. The third-order valence-corrected chi connectivity index (χ3v) is 6.12. The van der Waals surface area contributed by atoms with Crippen molar-refractivity contribution < 1.29 is 8.42 Å². The number of aryl methyl sites for hydroxylation is 2. The molecule has 0 radical (unpaired) electrons. The molecule has 0 aliphatic heterocycles. The fraction of sp³-hybridized carbons (Fsp3) is 0.250. The fourth-order valence-corrected chi connectivity index (χ4v) is 4.78. The van der Waals surface area contributed by atoms with Crippen molar-refractivity contribution in [1.82, 2.24) is 0 Å². The van der Waals surface area contributed by atoms with E-state index < -0.39 is 9.05 Å². The zero-order valence-electron chi connectivity index (χ0n) is 12.5. The number of benzene rings is 2. The second-order valence-electron chi connectivity index (χ2n) is 4.70. The third-order valence-electron chi connectivity index (χ3n) is 2.92. The number of rotatable bonds is 5. The van der Waals surface area contributed by atoms with E-state index in [2.05, 4.69) is 81.9 Å². The first kappa shape index (κ1) is 22.6. The molecule has 0 aliphatic carbocycles. The van der Waals surface area contributed by atoms with Crippen LogP contribution in [0.5, 0.6) is 0 Å². The second-order valence-corrected chi connectivity index (χ2v) is 10.6. The van der Waals surface area contributed by atoms with Gasteiger partial charge in [0.05, 0.1) is 4.90 Å². The lowest BCUT2D eigenvalue weighted by Gasteiger charge is -2.05. The summed E-state index contributed by atoms with van der Waals surface area (Å²) in [4.78, 5) is 0.182. The van der Waals surface area contributed by atoms with Gasteiger partial charge in [0.25, 0.3) is 9.05 Å². The molecule has 0 amide bonds. The van der Waals surface area contributed by atoms with E-state index in [9.17, 15) is 8.42 Å². The van der Waals surface area contributed by atoms with Crippen molar-refractivity contribution in [2.45, 2.75) is 17.7 Å². The van der Waals surface area contributed by atoms with Crippen LogP contribution in [0.15, 0.2) is 56.3 Å². The molecule has 24 heavy (non-hydrogen) atoms. The van der Waals surface area contributed by atoms with Crippen LogP contribution < -0.4 is 0 Å². The highest BCUT2D eigenvalue weighted by Crippen LogP contribution is 2.24. The van der Waals surface area contributed by atoms with Gasteiger partial charge >= 0.3 is 0 Å². The second kappa shape index (κ2) is 11.3. The monoisotopic (exact) mass is 622 g/mol. The molecule has 0 aliphatic rings. The van der Waals surface area contributed by atoms with E-state index in [4.69, 9.17) is 10.7 Å². The van der Waals surface area contributed by atoms with Gasteiger partial charge in [-0.1, -0.05) is 75.9 Å².